The number of imidazole rings is 1. The first-order valence-corrected chi connectivity index (χ1v) is 3.65. The van der Waals surface area contributed by atoms with Crippen LogP contribution in [-0.2, 0) is 19.6 Å². The van der Waals surface area contributed by atoms with Crippen LogP contribution in [-0.4, -0.2) is 9.55 Å². The van der Waals surface area contributed by atoms with E-state index in [9.17, 15) is 0 Å². The lowest BCUT2D eigenvalue weighted by molar-refractivity contribution is 0.671. The average Bonchev–Trinajstić information content (AvgIpc) is 2.44. The van der Waals surface area contributed by atoms with E-state index in [0.29, 0.717) is 0 Å². The summed E-state index contributed by atoms with van der Waals surface area (Å²) in [6.45, 7) is 5.11. The molecule has 10 heavy (non-hydrogen) atoms. The van der Waals surface area contributed by atoms with E-state index in [2.05, 4.69) is 21.8 Å². The molecule has 1 N–H and O–H groups in total. The number of aromatic nitrogens is 2. The Kier molecular flexibility index (Phi) is 1.24. The van der Waals surface area contributed by atoms with Crippen LogP contribution in [0.15, 0.2) is 6.33 Å². The van der Waals surface area contributed by atoms with E-state index in [4.69, 9.17) is 0 Å². The van der Waals surface area contributed by atoms with Crippen LogP contribution < -0.4 is 5.32 Å². The summed E-state index contributed by atoms with van der Waals surface area (Å²) >= 11 is 0. The molecule has 1 aliphatic rings. The van der Waals surface area contributed by atoms with Gasteiger partial charge in [-0.2, -0.15) is 0 Å². The van der Waals surface area contributed by atoms with Crippen molar-refractivity contribution in [3.8, 4) is 0 Å². The SMILES string of the molecule is CCn1cnc2c1CNC2. The Labute approximate surface area is 60.1 Å². The Morgan fingerprint density at radius 3 is 3.40 bits per heavy atom. The van der Waals surface area contributed by atoms with Crippen molar-refractivity contribution < 1.29 is 0 Å². The van der Waals surface area contributed by atoms with Gasteiger partial charge in [-0.1, -0.05) is 0 Å². The highest BCUT2D eigenvalue weighted by Crippen LogP contribution is 2.12. The molecule has 1 aromatic rings. The molecule has 0 spiro atoms. The maximum absolute atomic E-state index is 4.27. The van der Waals surface area contributed by atoms with Crippen molar-refractivity contribution in [2.24, 2.45) is 0 Å². The van der Waals surface area contributed by atoms with Gasteiger partial charge in [-0.3, -0.25) is 0 Å². The molecule has 0 bridgehead atoms. The van der Waals surface area contributed by atoms with Gasteiger partial charge in [0, 0.05) is 19.6 Å². The summed E-state index contributed by atoms with van der Waals surface area (Å²) in [4.78, 5) is 4.27. The number of nitrogens with one attached hydrogen (secondary N) is 1. The van der Waals surface area contributed by atoms with Gasteiger partial charge in [-0.25, -0.2) is 4.98 Å². The Morgan fingerprint density at radius 1 is 1.70 bits per heavy atom. The molecular weight excluding hydrogens is 126 g/mol. The third-order valence-corrected chi connectivity index (χ3v) is 1.96. The van der Waals surface area contributed by atoms with Crippen LogP contribution in [0.25, 0.3) is 0 Å². The molecule has 0 aromatic carbocycles. The van der Waals surface area contributed by atoms with E-state index >= 15 is 0 Å². The van der Waals surface area contributed by atoms with E-state index in [0.717, 1.165) is 19.6 Å². The molecular formula is C7H11N3. The van der Waals surface area contributed by atoms with Crippen LogP contribution in [0.2, 0.25) is 0 Å². The number of aryl methyl sites for hydroxylation is 1. The van der Waals surface area contributed by atoms with Gasteiger partial charge in [0.05, 0.1) is 17.7 Å². The Hall–Kier alpha value is -0.830. The lowest BCUT2D eigenvalue weighted by Crippen LogP contribution is -2.05. The number of hydrogen-bond donors (Lipinski definition) is 1. The van der Waals surface area contributed by atoms with Crippen molar-refractivity contribution >= 4 is 0 Å². The second-order valence-corrected chi connectivity index (χ2v) is 2.53. The number of rotatable bonds is 1. The van der Waals surface area contributed by atoms with Crippen molar-refractivity contribution in [3.05, 3.63) is 17.7 Å². The predicted molar refractivity (Wildman–Crippen MR) is 38.4 cm³/mol. The van der Waals surface area contributed by atoms with Crippen LogP contribution in [0.5, 0.6) is 0 Å². The molecule has 3 nitrogen and oxygen atoms in total. The second kappa shape index (κ2) is 2.09. The minimum Gasteiger partial charge on any atom is -0.333 e. The van der Waals surface area contributed by atoms with Crippen LogP contribution in [0.1, 0.15) is 18.3 Å². The summed E-state index contributed by atoms with van der Waals surface area (Å²) < 4.78 is 2.19. The Bertz CT molecular complexity index is 239. The third-order valence-electron chi connectivity index (χ3n) is 1.96. The summed E-state index contributed by atoms with van der Waals surface area (Å²) in [5.74, 6) is 0. The van der Waals surface area contributed by atoms with Gasteiger partial charge in [-0.15, -0.1) is 0 Å². The zero-order chi connectivity index (χ0) is 6.97. The van der Waals surface area contributed by atoms with Crippen LogP contribution in [0, 0.1) is 0 Å². The molecule has 0 fully saturated rings. The van der Waals surface area contributed by atoms with Gasteiger partial charge in [0.15, 0.2) is 0 Å². The maximum Gasteiger partial charge on any atom is 0.0952 e. The normalized spacial score (nSPS) is 15.7. The zero-order valence-electron chi connectivity index (χ0n) is 6.09. The monoisotopic (exact) mass is 137 g/mol. The molecule has 0 radical (unpaired) electrons. The Morgan fingerprint density at radius 2 is 2.60 bits per heavy atom. The molecule has 0 unspecified atom stereocenters. The highest BCUT2D eigenvalue weighted by Gasteiger charge is 2.14. The first kappa shape index (κ1) is 5.92. The van der Waals surface area contributed by atoms with E-state index in [1.54, 1.807) is 0 Å². The van der Waals surface area contributed by atoms with Crippen molar-refractivity contribution in [1.29, 1.82) is 0 Å². The topological polar surface area (TPSA) is 29.9 Å². The molecule has 54 valence electrons. The third kappa shape index (κ3) is 0.671. The number of nitrogens with zero attached hydrogens (tertiary/aromatic N) is 2. The molecule has 0 atom stereocenters. The average molecular weight is 137 g/mol. The molecule has 0 saturated carbocycles. The van der Waals surface area contributed by atoms with E-state index in [1.165, 1.54) is 11.4 Å². The van der Waals surface area contributed by atoms with Gasteiger partial charge < -0.3 is 9.88 Å². The van der Waals surface area contributed by atoms with Gasteiger partial charge in [0.25, 0.3) is 0 Å². The zero-order valence-corrected chi connectivity index (χ0v) is 6.09. The van der Waals surface area contributed by atoms with E-state index in [-0.39, 0.29) is 0 Å². The summed E-state index contributed by atoms with van der Waals surface area (Å²) in [7, 11) is 0. The summed E-state index contributed by atoms with van der Waals surface area (Å²) in [6, 6.07) is 0. The number of fused-ring (bicyclic) bond motifs is 1. The molecule has 0 aliphatic carbocycles. The fourth-order valence-electron chi connectivity index (χ4n) is 1.37. The quantitative estimate of drug-likeness (QED) is 0.611. The van der Waals surface area contributed by atoms with Crippen LogP contribution in [0.3, 0.4) is 0 Å². The molecule has 0 saturated heterocycles. The summed E-state index contributed by atoms with van der Waals surface area (Å²) in [5, 5.41) is 3.26. The number of hydrogen-bond acceptors (Lipinski definition) is 2. The van der Waals surface area contributed by atoms with Gasteiger partial charge in [0.1, 0.15) is 0 Å². The smallest absolute Gasteiger partial charge is 0.0952 e. The fraction of sp³-hybridized carbons (Fsp3) is 0.571. The van der Waals surface area contributed by atoms with Crippen LogP contribution >= 0.6 is 0 Å². The standard InChI is InChI=1S/C7H11N3/c1-2-10-5-9-6-3-8-4-7(6)10/h5,8H,2-4H2,1H3. The summed E-state index contributed by atoms with van der Waals surface area (Å²) in [6.07, 6.45) is 1.92. The van der Waals surface area contributed by atoms with Gasteiger partial charge in [-0.05, 0) is 6.92 Å². The second-order valence-electron chi connectivity index (χ2n) is 2.53. The maximum atomic E-state index is 4.27. The highest BCUT2D eigenvalue weighted by atomic mass is 15.1. The highest BCUT2D eigenvalue weighted by molar-refractivity contribution is 5.16. The van der Waals surface area contributed by atoms with Crippen molar-refractivity contribution in [2.45, 2.75) is 26.6 Å². The Balaban J connectivity index is 2.44. The lowest BCUT2D eigenvalue weighted by Gasteiger charge is -1.98. The van der Waals surface area contributed by atoms with E-state index in [1.807, 2.05) is 6.33 Å². The molecule has 3 heteroatoms. The van der Waals surface area contributed by atoms with Crippen LogP contribution in [0.4, 0.5) is 0 Å². The van der Waals surface area contributed by atoms with Crippen molar-refractivity contribution in [3.63, 3.8) is 0 Å². The van der Waals surface area contributed by atoms with Gasteiger partial charge in [0.2, 0.25) is 0 Å². The molecule has 2 rings (SSSR count). The summed E-state index contributed by atoms with van der Waals surface area (Å²) in [5.41, 5.74) is 2.59. The lowest BCUT2D eigenvalue weighted by atomic mass is 10.4. The molecule has 2 heterocycles. The first-order chi connectivity index (χ1) is 4.92. The fourth-order valence-corrected chi connectivity index (χ4v) is 1.37. The van der Waals surface area contributed by atoms with E-state index < -0.39 is 0 Å². The molecule has 1 aliphatic heterocycles. The largest absolute Gasteiger partial charge is 0.333 e. The van der Waals surface area contributed by atoms with Crippen molar-refractivity contribution in [2.75, 3.05) is 0 Å². The molecule has 1 aromatic heterocycles. The van der Waals surface area contributed by atoms with Crippen molar-refractivity contribution in [1.82, 2.24) is 14.9 Å². The minimum atomic E-state index is 0.947. The first-order valence-electron chi connectivity index (χ1n) is 3.65. The predicted octanol–water partition coefficient (Wildman–Crippen LogP) is 0.506. The molecule has 0 amide bonds. The van der Waals surface area contributed by atoms with Gasteiger partial charge >= 0.3 is 0 Å². The minimum absolute atomic E-state index is 0.947.